The third kappa shape index (κ3) is 9.07. The molecule has 2 amide bonds. The molecule has 1 aromatic carbocycles. The van der Waals surface area contributed by atoms with Crippen molar-refractivity contribution in [3.8, 4) is 5.75 Å². The van der Waals surface area contributed by atoms with Crippen molar-refractivity contribution < 1.29 is 33.3 Å². The van der Waals surface area contributed by atoms with Crippen molar-refractivity contribution in [3.63, 3.8) is 0 Å². The fraction of sp³-hybridized carbons (Fsp3) is 0.514. The minimum Gasteiger partial charge on any atom is -0.505 e. The van der Waals surface area contributed by atoms with Crippen LogP contribution in [0.4, 0.5) is 8.78 Å². The molecule has 16 heteroatoms. The molecule has 4 N–H and O–H groups in total. The van der Waals surface area contributed by atoms with Crippen LogP contribution < -0.4 is 10.7 Å². The molecule has 3 aliphatic heterocycles. The van der Waals surface area contributed by atoms with Crippen LogP contribution in [0.15, 0.2) is 53.4 Å². The van der Waals surface area contributed by atoms with Gasteiger partial charge in [-0.05, 0) is 48.5 Å². The number of rotatable bonds is 14. The predicted molar refractivity (Wildman–Crippen MR) is 190 cm³/mol. The van der Waals surface area contributed by atoms with E-state index in [2.05, 4.69) is 21.2 Å². The number of carbonyl (C=O) groups excluding carboxylic acids is 2. The number of aliphatic hydroxyl groups is 1. The monoisotopic (exact) mass is 749 g/mol. The van der Waals surface area contributed by atoms with Crippen LogP contribution in [0.5, 0.6) is 5.75 Å². The van der Waals surface area contributed by atoms with Gasteiger partial charge in [0.1, 0.15) is 18.1 Å². The van der Waals surface area contributed by atoms with Crippen molar-refractivity contribution in [2.75, 3.05) is 51.8 Å². The Kier molecular flexibility index (Phi) is 12.7. The van der Waals surface area contributed by atoms with Crippen molar-refractivity contribution in [2.24, 2.45) is 0 Å². The Morgan fingerprint density at radius 2 is 1.94 bits per heavy atom. The lowest BCUT2D eigenvalue weighted by molar-refractivity contribution is -0.140. The van der Waals surface area contributed by atoms with Crippen LogP contribution in [0.3, 0.4) is 0 Å². The third-order valence-corrected chi connectivity index (χ3v) is 10.2. The summed E-state index contributed by atoms with van der Waals surface area (Å²) in [5.41, 5.74) is 7.75. The number of hydrogen-bond donors (Lipinski definition) is 4. The minimum absolute atomic E-state index is 0.0139. The maximum atomic E-state index is 14.3. The van der Waals surface area contributed by atoms with Gasteiger partial charge < -0.3 is 30.1 Å². The van der Waals surface area contributed by atoms with E-state index in [0.717, 1.165) is 35.1 Å². The number of fused-ring (bicyclic) bond motifs is 1. The van der Waals surface area contributed by atoms with Gasteiger partial charge in [-0.15, -0.1) is 11.6 Å². The molecule has 0 radical (unpaired) electrons. The zero-order valence-electron chi connectivity index (χ0n) is 29.3. The lowest BCUT2D eigenvalue weighted by Crippen LogP contribution is -2.59. The summed E-state index contributed by atoms with van der Waals surface area (Å²) >= 11 is 6.77. The molecule has 2 unspecified atom stereocenters. The number of nitrogens with one attached hydrogen (secondary N) is 2. The maximum Gasteiger partial charge on any atom is 0.287 e. The number of nitrogens with zero attached hydrogens (tertiary/aromatic N) is 5. The highest BCUT2D eigenvalue weighted by molar-refractivity contribution is 7.06. The first-order valence-electron chi connectivity index (χ1n) is 17.0. The molecule has 0 bridgehead atoms. The molecule has 5 rings (SSSR count). The van der Waals surface area contributed by atoms with Crippen molar-refractivity contribution >= 4 is 34.9 Å². The van der Waals surface area contributed by atoms with Crippen molar-refractivity contribution in [1.82, 2.24) is 34.8 Å². The molecule has 1 aromatic heterocycles. The SMILES string of the molecule is CCC1=C(N2CCN(C(O)c3nsc(C)c3O)CC2)C(=O)N(NC(C)c2ccc3c(c2)COC3)CN1CC(=O)NC/C=C\C(=C/CCl)C(C)(F)F. The molecule has 12 nitrogen and oxygen atoms in total. The minimum atomic E-state index is -3.07. The number of amides is 2. The Balaban J connectivity index is 1.34. The topological polar surface area (TPSA) is 134 Å². The number of halogens is 3. The first-order chi connectivity index (χ1) is 24.3. The number of aromatic nitrogens is 1. The number of aliphatic hydroxyl groups excluding tert-OH is 1. The molecule has 4 heterocycles. The smallest absolute Gasteiger partial charge is 0.287 e. The van der Waals surface area contributed by atoms with Gasteiger partial charge in [0.05, 0.1) is 24.6 Å². The summed E-state index contributed by atoms with van der Waals surface area (Å²) in [6.45, 7) is 9.19. The molecule has 51 heavy (non-hydrogen) atoms. The lowest BCUT2D eigenvalue weighted by Gasteiger charge is -2.45. The van der Waals surface area contributed by atoms with E-state index in [0.29, 0.717) is 62.1 Å². The molecule has 2 atom stereocenters. The quantitative estimate of drug-likeness (QED) is 0.164. The number of allylic oxidation sites excluding steroid dienone is 4. The van der Waals surface area contributed by atoms with E-state index in [1.807, 2.05) is 35.8 Å². The average Bonchev–Trinajstić information content (AvgIpc) is 3.71. The van der Waals surface area contributed by atoms with E-state index in [4.69, 9.17) is 16.3 Å². The number of aryl methyl sites for hydroxylation is 1. The van der Waals surface area contributed by atoms with Crippen LogP contribution in [-0.4, -0.2) is 104 Å². The Morgan fingerprint density at radius 3 is 2.59 bits per heavy atom. The van der Waals surface area contributed by atoms with Crippen molar-refractivity contribution in [1.29, 1.82) is 0 Å². The third-order valence-electron chi connectivity index (χ3n) is 9.28. The first-order valence-corrected chi connectivity index (χ1v) is 18.3. The standard InChI is InChI=1S/C35H46ClF2N7O5S/c1-5-28-31(42-13-15-43(16-14-42)33(48)30-32(47)23(3)51-41-30)34(49)45(40-22(2)24-8-9-25-19-50-20-26(25)17-24)21-44(28)18-29(46)39-12-6-7-27(10-11-36)35(4,37)38/h6-10,17,22,33,40,47-48H,5,11-16,18-21H2,1-4H3,(H,39,46)/b7-6-,27-10+. The summed E-state index contributed by atoms with van der Waals surface area (Å²) in [7, 11) is 0. The van der Waals surface area contributed by atoms with Gasteiger partial charge >= 0.3 is 0 Å². The van der Waals surface area contributed by atoms with Crippen LogP contribution in [0.2, 0.25) is 0 Å². The van der Waals surface area contributed by atoms with Crippen molar-refractivity contribution in [2.45, 2.75) is 65.5 Å². The van der Waals surface area contributed by atoms with Gasteiger partial charge in [0.2, 0.25) is 5.91 Å². The van der Waals surface area contributed by atoms with Gasteiger partial charge in [0.25, 0.3) is 11.8 Å². The van der Waals surface area contributed by atoms with Gasteiger partial charge in [-0.2, -0.15) is 4.37 Å². The number of carbonyl (C=O) groups is 2. The number of hydrazine groups is 1. The molecule has 3 aliphatic rings. The van der Waals surface area contributed by atoms with Crippen LogP contribution in [0, 0.1) is 6.92 Å². The van der Waals surface area contributed by atoms with Crippen LogP contribution in [0.25, 0.3) is 0 Å². The summed E-state index contributed by atoms with van der Waals surface area (Å²) in [4.78, 5) is 33.8. The molecule has 0 saturated carbocycles. The van der Waals surface area contributed by atoms with Gasteiger partial charge in [-0.25, -0.2) is 14.2 Å². The first kappa shape index (κ1) is 38.6. The summed E-state index contributed by atoms with van der Waals surface area (Å²) in [5.74, 6) is -3.72. The van der Waals surface area contributed by atoms with E-state index in [1.54, 1.807) is 11.8 Å². The zero-order chi connectivity index (χ0) is 36.9. The normalized spacial score (nSPS) is 18.9. The van der Waals surface area contributed by atoms with Crippen LogP contribution in [0.1, 0.15) is 66.7 Å². The number of aromatic hydroxyl groups is 1. The molecular weight excluding hydrogens is 704 g/mol. The maximum absolute atomic E-state index is 14.3. The summed E-state index contributed by atoms with van der Waals surface area (Å²) < 4.78 is 37.5. The fourth-order valence-corrected chi connectivity index (χ4v) is 7.20. The van der Waals surface area contributed by atoms with E-state index in [1.165, 1.54) is 23.2 Å². The summed E-state index contributed by atoms with van der Waals surface area (Å²) in [5, 5.41) is 25.7. The molecule has 0 aliphatic carbocycles. The predicted octanol–water partition coefficient (Wildman–Crippen LogP) is 4.28. The number of piperazine rings is 1. The van der Waals surface area contributed by atoms with Crippen LogP contribution in [-0.2, 0) is 27.5 Å². The van der Waals surface area contributed by atoms with E-state index in [-0.39, 0.29) is 60.5 Å². The average molecular weight is 750 g/mol. The Labute approximate surface area is 306 Å². The molecular formula is C35H46ClF2N7O5S. The Bertz CT molecular complexity index is 1670. The lowest BCUT2D eigenvalue weighted by atomic mass is 10.0. The molecule has 278 valence electrons. The second kappa shape index (κ2) is 16.8. The van der Waals surface area contributed by atoms with Gasteiger partial charge in [-0.3, -0.25) is 19.5 Å². The largest absolute Gasteiger partial charge is 0.505 e. The molecule has 1 saturated heterocycles. The molecule has 0 spiro atoms. The Morgan fingerprint density at radius 1 is 1.22 bits per heavy atom. The van der Waals surface area contributed by atoms with E-state index in [9.17, 15) is 28.6 Å². The zero-order valence-corrected chi connectivity index (χ0v) is 30.9. The fourth-order valence-electron chi connectivity index (χ4n) is 6.43. The second-order valence-corrected chi connectivity index (χ2v) is 14.2. The summed E-state index contributed by atoms with van der Waals surface area (Å²) in [6.07, 6.45) is 3.31. The van der Waals surface area contributed by atoms with Crippen LogP contribution >= 0.6 is 23.1 Å². The highest BCUT2D eigenvalue weighted by atomic mass is 35.5. The number of ether oxygens (including phenoxy) is 1. The Hall–Kier alpha value is -3.60. The summed E-state index contributed by atoms with van der Waals surface area (Å²) in [6, 6.07) is 5.88. The number of benzene rings is 1. The van der Waals surface area contributed by atoms with Gasteiger partial charge in [0, 0.05) is 62.8 Å². The van der Waals surface area contributed by atoms with E-state index >= 15 is 0 Å². The van der Waals surface area contributed by atoms with Crippen molar-refractivity contribution in [3.05, 3.63) is 80.7 Å². The highest BCUT2D eigenvalue weighted by Crippen LogP contribution is 2.33. The van der Waals surface area contributed by atoms with Gasteiger partial charge in [0.15, 0.2) is 12.0 Å². The molecule has 2 aromatic rings. The molecule has 1 fully saturated rings. The second-order valence-electron chi connectivity index (χ2n) is 12.9. The number of alkyl halides is 3. The highest BCUT2D eigenvalue weighted by Gasteiger charge is 2.38. The van der Waals surface area contributed by atoms with Gasteiger partial charge in [-0.1, -0.05) is 43.4 Å². The number of hydrogen-bond acceptors (Lipinski definition) is 11. The van der Waals surface area contributed by atoms with E-state index < -0.39 is 12.2 Å².